The number of benzene rings is 1. The number of carbonyl (C=O) groups excluding carboxylic acids is 1. The zero-order chi connectivity index (χ0) is 15.7. The van der Waals surface area contributed by atoms with Gasteiger partial charge in [0.15, 0.2) is 0 Å². The predicted octanol–water partition coefficient (Wildman–Crippen LogP) is 3.26. The lowest BCUT2D eigenvalue weighted by Crippen LogP contribution is -2.08. The highest BCUT2D eigenvalue weighted by molar-refractivity contribution is 6.10. The third-order valence-electron chi connectivity index (χ3n) is 2.95. The van der Waals surface area contributed by atoms with Crippen LogP contribution < -0.4 is 0 Å². The van der Waals surface area contributed by atoms with Crippen molar-refractivity contribution in [3.8, 4) is 0 Å². The van der Waals surface area contributed by atoms with E-state index in [0.29, 0.717) is 5.57 Å². The molecule has 4 nitrogen and oxygen atoms in total. The van der Waals surface area contributed by atoms with Crippen molar-refractivity contribution in [3.05, 3.63) is 65.0 Å². The lowest BCUT2D eigenvalue weighted by Gasteiger charge is -2.08. The standard InChI is InChI=1S/C15H11F2NO3/c1-7(2)9-3-4-10(16)12(13(9)17)14(19)8-5-11(15(20)21)18-6-8/h3-6,18H,1H2,2H3,(H,20,21). The van der Waals surface area contributed by atoms with Crippen LogP contribution in [0.5, 0.6) is 0 Å². The Morgan fingerprint density at radius 3 is 2.48 bits per heavy atom. The van der Waals surface area contributed by atoms with E-state index in [9.17, 15) is 18.4 Å². The second kappa shape index (κ2) is 5.32. The van der Waals surface area contributed by atoms with Gasteiger partial charge in [0.25, 0.3) is 0 Å². The second-order valence-electron chi connectivity index (χ2n) is 4.50. The SMILES string of the molecule is C=C(C)c1ccc(F)c(C(=O)c2c[nH]c(C(=O)O)c2)c1F. The number of aromatic carboxylic acids is 1. The third kappa shape index (κ3) is 2.60. The van der Waals surface area contributed by atoms with Gasteiger partial charge in [-0.05, 0) is 30.7 Å². The van der Waals surface area contributed by atoms with Crippen molar-refractivity contribution >= 4 is 17.3 Å². The number of nitrogens with one attached hydrogen (secondary N) is 1. The van der Waals surface area contributed by atoms with Crippen LogP contribution in [0.3, 0.4) is 0 Å². The zero-order valence-corrected chi connectivity index (χ0v) is 11.0. The molecule has 108 valence electrons. The molecule has 0 aliphatic rings. The Morgan fingerprint density at radius 2 is 1.95 bits per heavy atom. The minimum Gasteiger partial charge on any atom is -0.477 e. The number of carbonyl (C=O) groups is 2. The average molecular weight is 291 g/mol. The van der Waals surface area contributed by atoms with Crippen LogP contribution in [0.2, 0.25) is 0 Å². The molecule has 1 heterocycles. The van der Waals surface area contributed by atoms with Crippen LogP contribution in [0.4, 0.5) is 8.78 Å². The van der Waals surface area contributed by atoms with Gasteiger partial charge in [-0.2, -0.15) is 0 Å². The summed E-state index contributed by atoms with van der Waals surface area (Å²) in [5, 5.41) is 8.77. The molecule has 0 fully saturated rings. The fourth-order valence-electron chi connectivity index (χ4n) is 1.88. The van der Waals surface area contributed by atoms with Gasteiger partial charge in [-0.25, -0.2) is 13.6 Å². The molecule has 21 heavy (non-hydrogen) atoms. The molecule has 0 atom stereocenters. The number of allylic oxidation sites excluding steroid dienone is 1. The molecule has 0 spiro atoms. The van der Waals surface area contributed by atoms with E-state index < -0.39 is 29.0 Å². The summed E-state index contributed by atoms with van der Waals surface area (Å²) < 4.78 is 28.0. The van der Waals surface area contributed by atoms with Gasteiger partial charge in [-0.3, -0.25) is 4.79 Å². The van der Waals surface area contributed by atoms with Crippen molar-refractivity contribution in [2.24, 2.45) is 0 Å². The summed E-state index contributed by atoms with van der Waals surface area (Å²) in [4.78, 5) is 25.3. The average Bonchev–Trinajstić information content (AvgIpc) is 2.87. The molecule has 1 aromatic heterocycles. The van der Waals surface area contributed by atoms with Crippen LogP contribution in [-0.4, -0.2) is 21.8 Å². The number of ketones is 1. The van der Waals surface area contributed by atoms with E-state index in [4.69, 9.17) is 5.11 Å². The lowest BCUT2D eigenvalue weighted by molar-refractivity contribution is 0.0691. The molecular weight excluding hydrogens is 280 g/mol. The molecule has 1 aromatic carbocycles. The molecule has 2 aromatic rings. The van der Waals surface area contributed by atoms with Crippen LogP contribution in [0, 0.1) is 11.6 Å². The Morgan fingerprint density at radius 1 is 1.29 bits per heavy atom. The Labute approximate surface area is 118 Å². The highest BCUT2D eigenvalue weighted by Gasteiger charge is 2.23. The summed E-state index contributed by atoms with van der Waals surface area (Å²) >= 11 is 0. The number of aromatic amines is 1. The Bertz CT molecular complexity index is 762. The molecule has 0 aliphatic heterocycles. The number of rotatable bonds is 4. The number of carboxylic acids is 1. The second-order valence-corrected chi connectivity index (χ2v) is 4.50. The third-order valence-corrected chi connectivity index (χ3v) is 2.95. The summed E-state index contributed by atoms with van der Waals surface area (Å²) in [6.45, 7) is 5.09. The number of halogens is 2. The first kappa shape index (κ1) is 14.6. The monoisotopic (exact) mass is 291 g/mol. The number of hydrogen-bond donors (Lipinski definition) is 2. The number of hydrogen-bond acceptors (Lipinski definition) is 2. The van der Waals surface area contributed by atoms with Gasteiger partial charge in [0.2, 0.25) is 5.78 Å². The molecule has 0 radical (unpaired) electrons. The maximum absolute atomic E-state index is 14.2. The summed E-state index contributed by atoms with van der Waals surface area (Å²) in [7, 11) is 0. The van der Waals surface area contributed by atoms with Crippen molar-refractivity contribution in [1.82, 2.24) is 4.98 Å². The van der Waals surface area contributed by atoms with Gasteiger partial charge in [-0.1, -0.05) is 6.58 Å². The van der Waals surface area contributed by atoms with E-state index in [-0.39, 0.29) is 16.8 Å². The zero-order valence-electron chi connectivity index (χ0n) is 11.0. The number of aromatic nitrogens is 1. The van der Waals surface area contributed by atoms with Gasteiger partial charge >= 0.3 is 5.97 Å². The topological polar surface area (TPSA) is 70.2 Å². The molecule has 0 saturated heterocycles. The normalized spacial score (nSPS) is 10.4. The summed E-state index contributed by atoms with van der Waals surface area (Å²) in [6, 6.07) is 3.20. The number of carboxylic acid groups (broad SMARTS) is 1. The Balaban J connectivity index is 2.54. The Kier molecular flexibility index (Phi) is 3.71. The molecular formula is C15H11F2NO3. The minimum absolute atomic E-state index is 0.0359. The van der Waals surface area contributed by atoms with Crippen molar-refractivity contribution in [2.75, 3.05) is 0 Å². The fourth-order valence-corrected chi connectivity index (χ4v) is 1.88. The fraction of sp³-hybridized carbons (Fsp3) is 0.0667. The van der Waals surface area contributed by atoms with E-state index in [1.165, 1.54) is 13.0 Å². The van der Waals surface area contributed by atoms with E-state index >= 15 is 0 Å². The van der Waals surface area contributed by atoms with Crippen LogP contribution in [0.15, 0.2) is 31.0 Å². The van der Waals surface area contributed by atoms with Gasteiger partial charge in [0.05, 0.1) is 5.56 Å². The van der Waals surface area contributed by atoms with E-state index in [1.54, 1.807) is 0 Å². The van der Waals surface area contributed by atoms with Crippen LogP contribution in [0.1, 0.15) is 38.9 Å². The molecule has 0 unspecified atom stereocenters. The lowest BCUT2D eigenvalue weighted by atomic mass is 9.98. The largest absolute Gasteiger partial charge is 0.477 e. The van der Waals surface area contributed by atoms with E-state index in [0.717, 1.165) is 18.3 Å². The smallest absolute Gasteiger partial charge is 0.352 e. The van der Waals surface area contributed by atoms with Crippen molar-refractivity contribution in [3.63, 3.8) is 0 Å². The van der Waals surface area contributed by atoms with Crippen molar-refractivity contribution in [2.45, 2.75) is 6.92 Å². The molecule has 0 amide bonds. The maximum atomic E-state index is 14.2. The van der Waals surface area contributed by atoms with Crippen molar-refractivity contribution in [1.29, 1.82) is 0 Å². The molecule has 0 bridgehead atoms. The predicted molar refractivity (Wildman–Crippen MR) is 72.3 cm³/mol. The highest BCUT2D eigenvalue weighted by atomic mass is 19.1. The van der Waals surface area contributed by atoms with E-state index in [1.807, 2.05) is 0 Å². The van der Waals surface area contributed by atoms with Crippen LogP contribution >= 0.6 is 0 Å². The summed E-state index contributed by atoms with van der Waals surface area (Å²) in [5.74, 6) is -4.23. The van der Waals surface area contributed by atoms with Gasteiger partial charge < -0.3 is 10.1 Å². The Hall–Kier alpha value is -2.76. The molecule has 0 saturated carbocycles. The van der Waals surface area contributed by atoms with Crippen molar-refractivity contribution < 1.29 is 23.5 Å². The summed E-state index contributed by atoms with van der Waals surface area (Å²) in [6.07, 6.45) is 1.10. The first-order valence-electron chi connectivity index (χ1n) is 5.93. The minimum atomic E-state index is -1.27. The molecule has 2 rings (SSSR count). The first-order chi connectivity index (χ1) is 9.82. The van der Waals surface area contributed by atoms with Gasteiger partial charge in [0, 0.05) is 17.3 Å². The molecule has 0 aliphatic carbocycles. The van der Waals surface area contributed by atoms with Gasteiger partial charge in [0.1, 0.15) is 17.3 Å². The van der Waals surface area contributed by atoms with E-state index in [2.05, 4.69) is 11.6 Å². The highest BCUT2D eigenvalue weighted by Crippen LogP contribution is 2.24. The molecule has 2 N–H and O–H groups in total. The maximum Gasteiger partial charge on any atom is 0.352 e. The van der Waals surface area contributed by atoms with Crippen LogP contribution in [0.25, 0.3) is 5.57 Å². The quantitative estimate of drug-likeness (QED) is 0.849. The molecule has 6 heteroatoms. The summed E-state index contributed by atoms with van der Waals surface area (Å²) in [5.41, 5.74) is -0.721. The van der Waals surface area contributed by atoms with Gasteiger partial charge in [-0.15, -0.1) is 0 Å². The first-order valence-corrected chi connectivity index (χ1v) is 5.93. The van der Waals surface area contributed by atoms with Crippen LogP contribution in [-0.2, 0) is 0 Å². The number of H-pyrrole nitrogens is 1.